The van der Waals surface area contributed by atoms with E-state index in [2.05, 4.69) is 15.9 Å². The molecule has 5 nitrogen and oxygen atoms in total. The van der Waals surface area contributed by atoms with Crippen LogP contribution in [0.15, 0.2) is 45.8 Å². The summed E-state index contributed by atoms with van der Waals surface area (Å²) in [5.41, 5.74) is 1.97. The second-order valence-electron chi connectivity index (χ2n) is 5.70. The van der Waals surface area contributed by atoms with Crippen molar-refractivity contribution in [2.24, 2.45) is 0 Å². The van der Waals surface area contributed by atoms with Crippen molar-refractivity contribution in [2.75, 3.05) is 27.8 Å². The summed E-state index contributed by atoms with van der Waals surface area (Å²) >= 11 is 3.35. The summed E-state index contributed by atoms with van der Waals surface area (Å²) in [7, 11) is 1.19. The molecule has 0 atom stereocenters. The lowest BCUT2D eigenvalue weighted by Gasteiger charge is -2.18. The van der Waals surface area contributed by atoms with Crippen molar-refractivity contribution in [1.82, 2.24) is 4.31 Å². The van der Waals surface area contributed by atoms with Crippen LogP contribution in [0.1, 0.15) is 11.1 Å². The van der Waals surface area contributed by atoms with Crippen molar-refractivity contribution in [3.05, 3.63) is 52.0 Å². The first-order valence-corrected chi connectivity index (χ1v) is 9.96. The first kappa shape index (κ1) is 19.8. The predicted octanol–water partition coefficient (Wildman–Crippen LogP) is 3.64. The van der Waals surface area contributed by atoms with Gasteiger partial charge in [-0.2, -0.15) is 0 Å². The maximum absolute atomic E-state index is 12.8. The summed E-state index contributed by atoms with van der Waals surface area (Å²) in [5.74, 6) is 1.28. The van der Waals surface area contributed by atoms with Crippen LogP contribution in [-0.4, -0.2) is 40.5 Å². The van der Waals surface area contributed by atoms with E-state index in [-0.39, 0.29) is 4.90 Å². The van der Waals surface area contributed by atoms with Crippen molar-refractivity contribution in [3.8, 4) is 11.5 Å². The van der Waals surface area contributed by atoms with Gasteiger partial charge in [-0.05, 0) is 64.7 Å². The summed E-state index contributed by atoms with van der Waals surface area (Å²) in [6.07, 6.45) is 0.569. The van der Waals surface area contributed by atoms with Gasteiger partial charge < -0.3 is 9.47 Å². The van der Waals surface area contributed by atoms with Gasteiger partial charge >= 0.3 is 0 Å². The zero-order valence-electron chi connectivity index (χ0n) is 14.7. The fourth-order valence-corrected chi connectivity index (χ4v) is 4.75. The highest BCUT2D eigenvalue weighted by atomic mass is 79.9. The molecule has 0 unspecified atom stereocenters. The molecule has 0 aliphatic rings. The molecule has 0 fully saturated rings. The molecule has 0 bridgehead atoms. The number of benzene rings is 2. The van der Waals surface area contributed by atoms with Crippen molar-refractivity contribution < 1.29 is 17.9 Å². The average Bonchev–Trinajstić information content (AvgIpc) is 2.58. The largest absolute Gasteiger partial charge is 0.493 e. The molecule has 2 aromatic rings. The molecule has 0 spiro atoms. The van der Waals surface area contributed by atoms with Crippen molar-refractivity contribution in [3.63, 3.8) is 0 Å². The molecular formula is C18H22BrNO4S. The number of hydrogen-bond donors (Lipinski definition) is 0. The first-order chi connectivity index (χ1) is 11.8. The molecule has 0 radical (unpaired) electrons. The minimum Gasteiger partial charge on any atom is -0.493 e. The third-order valence-electron chi connectivity index (χ3n) is 3.94. The van der Waals surface area contributed by atoms with E-state index in [4.69, 9.17) is 9.47 Å². The number of ether oxygens (including phenoxy) is 2. The quantitative estimate of drug-likeness (QED) is 0.676. The number of sulfonamides is 1. The van der Waals surface area contributed by atoms with Crippen LogP contribution < -0.4 is 9.47 Å². The Balaban J connectivity index is 2.15. The molecule has 0 aromatic heterocycles. The highest BCUT2D eigenvalue weighted by Crippen LogP contribution is 2.28. The lowest BCUT2D eigenvalue weighted by atomic mass is 10.1. The molecule has 0 heterocycles. The molecule has 25 heavy (non-hydrogen) atoms. The zero-order chi connectivity index (χ0) is 18.6. The zero-order valence-corrected chi connectivity index (χ0v) is 17.1. The minimum absolute atomic E-state index is 0.271. The fourth-order valence-electron chi connectivity index (χ4n) is 2.43. The van der Waals surface area contributed by atoms with Crippen molar-refractivity contribution >= 4 is 26.0 Å². The normalized spacial score (nSPS) is 11.6. The summed E-state index contributed by atoms with van der Waals surface area (Å²) in [6, 6.07) is 10.8. The molecular weight excluding hydrogens is 406 g/mol. The van der Waals surface area contributed by atoms with Gasteiger partial charge in [0.2, 0.25) is 10.0 Å². The van der Waals surface area contributed by atoms with Gasteiger partial charge in [-0.3, -0.25) is 0 Å². The average molecular weight is 428 g/mol. The Bertz CT molecular complexity index is 852. The lowest BCUT2D eigenvalue weighted by Crippen LogP contribution is -2.29. The van der Waals surface area contributed by atoms with E-state index < -0.39 is 10.0 Å². The Kier molecular flexibility index (Phi) is 6.48. The van der Waals surface area contributed by atoms with E-state index in [1.807, 2.05) is 25.1 Å². The molecule has 0 aliphatic carbocycles. The summed E-state index contributed by atoms with van der Waals surface area (Å²) in [4.78, 5) is 0.271. The van der Waals surface area contributed by atoms with Crippen LogP contribution in [-0.2, 0) is 16.4 Å². The van der Waals surface area contributed by atoms with E-state index in [0.29, 0.717) is 28.9 Å². The standard InChI is InChI=1S/C18H22BrNO4S/c1-13-5-8-18(15(19)11-13)25(21,22)20(2)10-9-14-6-7-16(23-3)17(12-14)24-4/h5-8,11-12H,9-10H2,1-4H3. The molecule has 0 aliphatic heterocycles. The third-order valence-corrected chi connectivity index (χ3v) is 6.77. The number of nitrogens with zero attached hydrogens (tertiary/aromatic N) is 1. The van der Waals surface area contributed by atoms with Gasteiger partial charge in [-0.1, -0.05) is 12.1 Å². The smallest absolute Gasteiger partial charge is 0.243 e. The molecule has 0 saturated carbocycles. The minimum atomic E-state index is -3.55. The maximum Gasteiger partial charge on any atom is 0.243 e. The van der Waals surface area contributed by atoms with Crippen LogP contribution in [0.4, 0.5) is 0 Å². The topological polar surface area (TPSA) is 55.8 Å². The van der Waals surface area contributed by atoms with Crippen LogP contribution >= 0.6 is 15.9 Å². The van der Waals surface area contributed by atoms with E-state index in [1.165, 1.54) is 4.31 Å². The highest BCUT2D eigenvalue weighted by Gasteiger charge is 2.23. The number of hydrogen-bond acceptors (Lipinski definition) is 4. The monoisotopic (exact) mass is 427 g/mol. The fraction of sp³-hybridized carbons (Fsp3) is 0.333. The summed E-state index contributed by atoms with van der Waals surface area (Å²) < 4.78 is 38.0. The van der Waals surface area contributed by atoms with E-state index in [1.54, 1.807) is 39.5 Å². The molecule has 136 valence electrons. The Hall–Kier alpha value is -1.57. The second kappa shape index (κ2) is 8.21. The third kappa shape index (κ3) is 4.54. The van der Waals surface area contributed by atoms with Gasteiger partial charge in [0.05, 0.1) is 19.1 Å². The van der Waals surface area contributed by atoms with E-state index in [9.17, 15) is 8.42 Å². The van der Waals surface area contributed by atoms with Gasteiger partial charge in [0.15, 0.2) is 11.5 Å². The van der Waals surface area contributed by atoms with Crippen molar-refractivity contribution in [1.29, 1.82) is 0 Å². The number of methoxy groups -OCH3 is 2. The maximum atomic E-state index is 12.8. The number of likely N-dealkylation sites (N-methyl/N-ethyl adjacent to an activating group) is 1. The highest BCUT2D eigenvalue weighted by molar-refractivity contribution is 9.10. The molecule has 2 aromatic carbocycles. The molecule has 2 rings (SSSR count). The van der Waals surface area contributed by atoms with E-state index >= 15 is 0 Å². The molecule has 7 heteroatoms. The number of aryl methyl sites for hydroxylation is 1. The van der Waals surface area contributed by atoms with Crippen LogP contribution in [0.3, 0.4) is 0 Å². The molecule has 0 saturated heterocycles. The molecule has 0 amide bonds. The van der Waals surface area contributed by atoms with Crippen LogP contribution in [0.2, 0.25) is 0 Å². The van der Waals surface area contributed by atoms with Gasteiger partial charge in [0.1, 0.15) is 0 Å². The van der Waals surface area contributed by atoms with Crippen molar-refractivity contribution in [2.45, 2.75) is 18.2 Å². The second-order valence-corrected chi connectivity index (χ2v) is 8.57. The molecule has 0 N–H and O–H groups in total. The Labute approximate surface area is 157 Å². The van der Waals surface area contributed by atoms with E-state index in [0.717, 1.165) is 11.1 Å². The van der Waals surface area contributed by atoms with Crippen LogP contribution in [0.25, 0.3) is 0 Å². The number of halogens is 1. The SMILES string of the molecule is COc1ccc(CCN(C)S(=O)(=O)c2ccc(C)cc2Br)cc1OC. The van der Waals surface area contributed by atoms with Gasteiger partial charge in [-0.15, -0.1) is 0 Å². The first-order valence-electron chi connectivity index (χ1n) is 7.73. The predicted molar refractivity (Wildman–Crippen MR) is 102 cm³/mol. The van der Waals surface area contributed by atoms with Gasteiger partial charge in [0, 0.05) is 18.1 Å². The van der Waals surface area contributed by atoms with Crippen LogP contribution in [0.5, 0.6) is 11.5 Å². The number of rotatable bonds is 7. The van der Waals surface area contributed by atoms with Gasteiger partial charge in [0.25, 0.3) is 0 Å². The summed E-state index contributed by atoms with van der Waals surface area (Å²) in [5, 5.41) is 0. The van der Waals surface area contributed by atoms with Crippen LogP contribution in [0, 0.1) is 6.92 Å². The summed E-state index contributed by atoms with van der Waals surface area (Å²) in [6.45, 7) is 2.28. The Morgan fingerprint density at radius 2 is 1.72 bits per heavy atom. The Morgan fingerprint density at radius 1 is 1.04 bits per heavy atom. The lowest BCUT2D eigenvalue weighted by molar-refractivity contribution is 0.354. The Morgan fingerprint density at radius 3 is 2.32 bits per heavy atom. The van der Waals surface area contributed by atoms with Gasteiger partial charge in [-0.25, -0.2) is 12.7 Å².